The summed E-state index contributed by atoms with van der Waals surface area (Å²) in [6.45, 7) is 0. The van der Waals surface area contributed by atoms with E-state index in [1.807, 2.05) is 0 Å². The Morgan fingerprint density at radius 1 is 1.16 bits per heavy atom. The van der Waals surface area contributed by atoms with Crippen LogP contribution >= 0.6 is 23.2 Å². The number of rotatable bonds is 2. The van der Waals surface area contributed by atoms with Crippen molar-refractivity contribution in [2.45, 2.75) is 0 Å². The number of nitrogens with one attached hydrogen (secondary N) is 2. The van der Waals surface area contributed by atoms with Crippen LogP contribution in [0.3, 0.4) is 0 Å². The molecule has 1 aromatic heterocycles. The van der Waals surface area contributed by atoms with Crippen LogP contribution in [-0.4, -0.2) is 11.0 Å². The molecule has 0 unspecified atom stereocenters. The molecule has 0 aliphatic rings. The number of nitrogens with two attached hydrogens (primary N) is 1. The molecule has 2 aromatic rings. The van der Waals surface area contributed by atoms with Crippen LogP contribution in [-0.2, 0) is 0 Å². The molecular weight excluding hydrogens is 287 g/mol. The molecular formula is C12H10Cl2N4O. The Morgan fingerprint density at radius 2 is 1.84 bits per heavy atom. The fourth-order valence-corrected chi connectivity index (χ4v) is 1.90. The van der Waals surface area contributed by atoms with Crippen LogP contribution < -0.4 is 16.4 Å². The topological polar surface area (TPSA) is 80.0 Å². The van der Waals surface area contributed by atoms with E-state index >= 15 is 0 Å². The van der Waals surface area contributed by atoms with E-state index in [9.17, 15) is 4.79 Å². The molecule has 0 saturated heterocycles. The quantitative estimate of drug-likeness (QED) is 0.792. The van der Waals surface area contributed by atoms with Crippen molar-refractivity contribution in [3.8, 4) is 0 Å². The third-order valence-corrected chi connectivity index (χ3v) is 2.93. The zero-order valence-corrected chi connectivity index (χ0v) is 11.2. The van der Waals surface area contributed by atoms with Gasteiger partial charge in [-0.1, -0.05) is 29.3 Å². The standard InChI is InChI=1S/C12H10Cl2N4O/c13-7-2-1-3-8(14)11(7)18-12(19)17-10-4-5-16-6-9(10)15/h1-6H,15H2,(H2,16,17,18,19). The fraction of sp³-hybridized carbons (Fsp3) is 0. The second-order valence-electron chi connectivity index (χ2n) is 3.64. The van der Waals surface area contributed by atoms with Crippen LogP contribution in [0.2, 0.25) is 10.0 Å². The lowest BCUT2D eigenvalue weighted by Gasteiger charge is -2.11. The van der Waals surface area contributed by atoms with Crippen molar-refractivity contribution in [1.29, 1.82) is 0 Å². The van der Waals surface area contributed by atoms with Crippen molar-refractivity contribution < 1.29 is 4.79 Å². The number of pyridine rings is 1. The van der Waals surface area contributed by atoms with Crippen molar-refractivity contribution in [1.82, 2.24) is 4.98 Å². The Balaban J connectivity index is 2.12. The van der Waals surface area contributed by atoms with Crippen LogP contribution in [0.25, 0.3) is 0 Å². The van der Waals surface area contributed by atoms with Crippen LogP contribution in [0.1, 0.15) is 0 Å². The summed E-state index contributed by atoms with van der Waals surface area (Å²) in [7, 11) is 0. The lowest BCUT2D eigenvalue weighted by Crippen LogP contribution is -2.20. The van der Waals surface area contributed by atoms with E-state index in [4.69, 9.17) is 28.9 Å². The van der Waals surface area contributed by atoms with Crippen molar-refractivity contribution in [3.05, 3.63) is 46.7 Å². The Bertz CT molecular complexity index is 598. The van der Waals surface area contributed by atoms with Gasteiger partial charge in [0.2, 0.25) is 0 Å². The van der Waals surface area contributed by atoms with E-state index in [0.29, 0.717) is 27.1 Å². The zero-order chi connectivity index (χ0) is 13.8. The average molecular weight is 297 g/mol. The summed E-state index contributed by atoms with van der Waals surface area (Å²) in [4.78, 5) is 15.6. The Morgan fingerprint density at radius 3 is 2.47 bits per heavy atom. The second kappa shape index (κ2) is 5.77. The summed E-state index contributed by atoms with van der Waals surface area (Å²) in [5, 5.41) is 5.85. The predicted molar refractivity (Wildman–Crippen MR) is 77.8 cm³/mol. The van der Waals surface area contributed by atoms with E-state index in [0.717, 1.165) is 0 Å². The molecule has 19 heavy (non-hydrogen) atoms. The molecule has 2 amide bonds. The normalized spacial score (nSPS) is 10.0. The molecule has 0 fully saturated rings. The van der Waals surface area contributed by atoms with Crippen molar-refractivity contribution in [2.75, 3.05) is 16.4 Å². The molecule has 7 heteroatoms. The van der Waals surface area contributed by atoms with Gasteiger partial charge in [0.1, 0.15) is 0 Å². The molecule has 98 valence electrons. The maximum atomic E-state index is 11.8. The molecule has 0 saturated carbocycles. The molecule has 2 rings (SSSR count). The first-order valence-corrected chi connectivity index (χ1v) is 6.05. The molecule has 0 bridgehead atoms. The first-order chi connectivity index (χ1) is 9.08. The van der Waals surface area contributed by atoms with E-state index in [1.165, 1.54) is 12.4 Å². The first kappa shape index (κ1) is 13.5. The van der Waals surface area contributed by atoms with Crippen molar-refractivity contribution in [2.24, 2.45) is 0 Å². The highest BCUT2D eigenvalue weighted by Gasteiger charge is 2.10. The Labute approximate surface area is 119 Å². The summed E-state index contributed by atoms with van der Waals surface area (Å²) >= 11 is 11.9. The van der Waals surface area contributed by atoms with Crippen LogP contribution in [0, 0.1) is 0 Å². The summed E-state index contributed by atoms with van der Waals surface area (Å²) < 4.78 is 0. The van der Waals surface area contributed by atoms with Gasteiger partial charge < -0.3 is 16.4 Å². The third-order valence-electron chi connectivity index (χ3n) is 2.30. The van der Waals surface area contributed by atoms with E-state index in [1.54, 1.807) is 24.3 Å². The zero-order valence-electron chi connectivity index (χ0n) is 9.65. The molecule has 0 atom stereocenters. The van der Waals surface area contributed by atoms with Gasteiger partial charge in [-0.3, -0.25) is 4.98 Å². The molecule has 4 N–H and O–H groups in total. The number of nitrogen functional groups attached to an aromatic ring is 1. The molecule has 1 aromatic carbocycles. The number of nitrogens with zero attached hydrogens (tertiary/aromatic N) is 1. The molecule has 0 spiro atoms. The number of urea groups is 1. The van der Waals surface area contributed by atoms with Gasteiger partial charge in [-0.05, 0) is 18.2 Å². The molecule has 0 radical (unpaired) electrons. The summed E-state index contributed by atoms with van der Waals surface area (Å²) in [5.74, 6) is 0. The third kappa shape index (κ3) is 3.27. The van der Waals surface area contributed by atoms with Gasteiger partial charge in [-0.15, -0.1) is 0 Å². The summed E-state index contributed by atoms with van der Waals surface area (Å²) in [6.07, 6.45) is 2.96. The highest BCUT2D eigenvalue weighted by molar-refractivity contribution is 6.39. The number of hydrogen-bond acceptors (Lipinski definition) is 3. The van der Waals surface area contributed by atoms with Gasteiger partial charge in [0.05, 0.1) is 33.3 Å². The minimum absolute atomic E-state index is 0.343. The first-order valence-electron chi connectivity index (χ1n) is 5.29. The van der Waals surface area contributed by atoms with Crippen LogP contribution in [0.4, 0.5) is 21.9 Å². The maximum Gasteiger partial charge on any atom is 0.323 e. The number of halogens is 2. The summed E-state index contributed by atoms with van der Waals surface area (Å²) in [6, 6.07) is 6.04. The van der Waals surface area contributed by atoms with Crippen molar-refractivity contribution >= 4 is 46.3 Å². The van der Waals surface area contributed by atoms with Gasteiger partial charge in [-0.2, -0.15) is 0 Å². The highest BCUT2D eigenvalue weighted by atomic mass is 35.5. The van der Waals surface area contributed by atoms with Gasteiger partial charge >= 0.3 is 6.03 Å². The number of anilines is 3. The van der Waals surface area contributed by atoms with Crippen LogP contribution in [0.5, 0.6) is 0 Å². The predicted octanol–water partition coefficient (Wildman–Crippen LogP) is 3.61. The number of amides is 2. The van der Waals surface area contributed by atoms with Gasteiger partial charge in [0.25, 0.3) is 0 Å². The largest absolute Gasteiger partial charge is 0.396 e. The van der Waals surface area contributed by atoms with Gasteiger partial charge in [0.15, 0.2) is 0 Å². The second-order valence-corrected chi connectivity index (χ2v) is 4.45. The lowest BCUT2D eigenvalue weighted by atomic mass is 10.3. The highest BCUT2D eigenvalue weighted by Crippen LogP contribution is 2.30. The lowest BCUT2D eigenvalue weighted by molar-refractivity contribution is 0.262. The minimum atomic E-state index is -0.493. The van der Waals surface area contributed by atoms with Crippen molar-refractivity contribution in [3.63, 3.8) is 0 Å². The van der Waals surface area contributed by atoms with E-state index in [-0.39, 0.29) is 0 Å². The Hall–Kier alpha value is -1.98. The number of carbonyl (C=O) groups excluding carboxylic acids is 1. The van der Waals surface area contributed by atoms with Gasteiger partial charge in [-0.25, -0.2) is 4.79 Å². The number of para-hydroxylation sites is 1. The summed E-state index contributed by atoms with van der Waals surface area (Å²) in [5.41, 5.74) is 6.83. The van der Waals surface area contributed by atoms with Crippen LogP contribution in [0.15, 0.2) is 36.7 Å². The Kier molecular flexibility index (Phi) is 4.09. The molecule has 0 aliphatic carbocycles. The molecule has 1 heterocycles. The molecule has 5 nitrogen and oxygen atoms in total. The smallest absolute Gasteiger partial charge is 0.323 e. The number of hydrogen-bond donors (Lipinski definition) is 3. The number of benzene rings is 1. The van der Waals surface area contributed by atoms with Gasteiger partial charge in [0, 0.05) is 6.20 Å². The van der Waals surface area contributed by atoms with E-state index in [2.05, 4.69) is 15.6 Å². The SMILES string of the molecule is Nc1cnccc1NC(=O)Nc1c(Cl)cccc1Cl. The average Bonchev–Trinajstić information content (AvgIpc) is 2.37. The van der Waals surface area contributed by atoms with E-state index < -0.39 is 6.03 Å². The maximum absolute atomic E-state index is 11.8. The minimum Gasteiger partial charge on any atom is -0.396 e. The number of aromatic nitrogens is 1. The fourth-order valence-electron chi connectivity index (χ4n) is 1.40. The monoisotopic (exact) mass is 296 g/mol. The number of carbonyl (C=O) groups is 1. The molecule has 0 aliphatic heterocycles.